The number of tetrazole rings is 1. The van der Waals surface area contributed by atoms with Crippen molar-refractivity contribution >= 4 is 11.8 Å². The zero-order valence-corrected chi connectivity index (χ0v) is 18.3. The highest BCUT2D eigenvalue weighted by molar-refractivity contribution is 7.99. The molecule has 0 bridgehead atoms. The number of aliphatic hydroxyl groups excluding tert-OH is 1. The van der Waals surface area contributed by atoms with Crippen LogP contribution in [0, 0.1) is 0 Å². The number of hydrogen-bond donors (Lipinski definition) is 1. The van der Waals surface area contributed by atoms with Crippen LogP contribution in [0.4, 0.5) is 0 Å². The summed E-state index contributed by atoms with van der Waals surface area (Å²) in [5, 5.41) is 23.2. The molecular weight excluding hydrogens is 396 g/mol. The van der Waals surface area contributed by atoms with E-state index < -0.39 is 6.10 Å². The van der Waals surface area contributed by atoms with E-state index in [0.29, 0.717) is 23.4 Å². The topological polar surface area (TPSA) is 73.1 Å². The molecule has 0 spiro atoms. The Kier molecular flexibility index (Phi) is 6.82. The van der Waals surface area contributed by atoms with E-state index in [0.717, 1.165) is 24.9 Å². The van der Waals surface area contributed by atoms with E-state index in [1.54, 1.807) is 4.68 Å². The van der Waals surface area contributed by atoms with Crippen molar-refractivity contribution in [1.82, 2.24) is 20.2 Å². The average Bonchev–Trinajstić information content (AvgIpc) is 3.25. The van der Waals surface area contributed by atoms with Crippen molar-refractivity contribution in [3.63, 3.8) is 0 Å². The zero-order chi connectivity index (χ0) is 20.9. The van der Waals surface area contributed by atoms with Crippen molar-refractivity contribution in [3.8, 4) is 5.69 Å². The smallest absolute Gasteiger partial charge is 0.214 e. The lowest BCUT2D eigenvalue weighted by Crippen LogP contribution is -2.22. The Balaban J connectivity index is 1.32. The second kappa shape index (κ2) is 9.73. The number of ether oxygens (including phenoxy) is 1. The minimum Gasteiger partial charge on any atom is -0.390 e. The molecule has 1 aromatic heterocycles. The number of aryl methyl sites for hydroxylation is 1. The van der Waals surface area contributed by atoms with Gasteiger partial charge in [0, 0.05) is 5.75 Å². The van der Waals surface area contributed by atoms with Crippen LogP contribution in [0.1, 0.15) is 55.4 Å². The molecule has 0 saturated heterocycles. The third-order valence-electron chi connectivity index (χ3n) is 5.45. The summed E-state index contributed by atoms with van der Waals surface area (Å²) in [6.45, 7) is 4.64. The summed E-state index contributed by atoms with van der Waals surface area (Å²) < 4.78 is 7.78. The van der Waals surface area contributed by atoms with E-state index in [9.17, 15) is 5.11 Å². The van der Waals surface area contributed by atoms with E-state index in [1.165, 1.54) is 28.5 Å². The number of nitrogens with zero attached hydrogens (tertiary/aromatic N) is 4. The quantitative estimate of drug-likeness (QED) is 0.543. The standard InChI is InChI=1S/C23H28N4O2S/c1-16(2)17-10-12-19(13-11-17)27-23(24-25-26-27)30-15-20(28)14-29-22-9-5-7-18-6-3-4-8-21(18)22/h3-4,6,8,10-13,16,20,22,28H,5,7,9,14-15H2,1-2H3/t20-,22-/m1/s1. The Morgan fingerprint density at radius 2 is 1.97 bits per heavy atom. The van der Waals surface area contributed by atoms with Crippen LogP contribution in [0.2, 0.25) is 0 Å². The fourth-order valence-corrected chi connectivity index (χ4v) is 4.56. The Bertz CT molecular complexity index is 958. The highest BCUT2D eigenvalue weighted by atomic mass is 32.2. The van der Waals surface area contributed by atoms with Gasteiger partial charge >= 0.3 is 0 Å². The van der Waals surface area contributed by atoms with Crippen LogP contribution in [0.5, 0.6) is 0 Å². The van der Waals surface area contributed by atoms with E-state index >= 15 is 0 Å². The first-order chi connectivity index (χ1) is 14.6. The van der Waals surface area contributed by atoms with Crippen molar-refractivity contribution in [2.45, 2.75) is 56.4 Å². The van der Waals surface area contributed by atoms with Gasteiger partial charge < -0.3 is 9.84 Å². The molecule has 4 rings (SSSR count). The molecule has 7 heteroatoms. The van der Waals surface area contributed by atoms with Crippen molar-refractivity contribution < 1.29 is 9.84 Å². The molecule has 0 amide bonds. The second-order valence-electron chi connectivity index (χ2n) is 8.00. The summed E-state index contributed by atoms with van der Waals surface area (Å²) in [6, 6.07) is 16.7. The predicted molar refractivity (Wildman–Crippen MR) is 118 cm³/mol. The maximum atomic E-state index is 10.5. The Morgan fingerprint density at radius 1 is 1.17 bits per heavy atom. The summed E-state index contributed by atoms with van der Waals surface area (Å²) in [5.74, 6) is 0.951. The highest BCUT2D eigenvalue weighted by Crippen LogP contribution is 2.32. The monoisotopic (exact) mass is 424 g/mol. The highest BCUT2D eigenvalue weighted by Gasteiger charge is 2.21. The molecule has 0 aliphatic heterocycles. The van der Waals surface area contributed by atoms with Gasteiger partial charge in [-0.05, 0) is 64.4 Å². The first-order valence-corrected chi connectivity index (χ1v) is 11.5. The summed E-state index contributed by atoms with van der Waals surface area (Å²) in [5.41, 5.74) is 4.81. The molecule has 0 radical (unpaired) electrons. The van der Waals surface area contributed by atoms with Crippen molar-refractivity contribution in [2.24, 2.45) is 0 Å². The number of thioether (sulfide) groups is 1. The van der Waals surface area contributed by atoms with E-state index in [-0.39, 0.29) is 6.10 Å². The van der Waals surface area contributed by atoms with Crippen LogP contribution in [-0.4, -0.2) is 43.8 Å². The van der Waals surface area contributed by atoms with Gasteiger partial charge in [0.15, 0.2) is 0 Å². The molecule has 2 atom stereocenters. The van der Waals surface area contributed by atoms with Crippen LogP contribution >= 0.6 is 11.8 Å². The lowest BCUT2D eigenvalue weighted by molar-refractivity contribution is -0.00960. The Labute approximate surface area is 181 Å². The summed E-state index contributed by atoms with van der Waals surface area (Å²) in [7, 11) is 0. The maximum Gasteiger partial charge on any atom is 0.214 e. The lowest BCUT2D eigenvalue weighted by atomic mass is 9.89. The average molecular weight is 425 g/mol. The lowest BCUT2D eigenvalue weighted by Gasteiger charge is -2.26. The number of aromatic nitrogens is 4. The minimum atomic E-state index is -0.586. The maximum absolute atomic E-state index is 10.5. The molecule has 1 aliphatic rings. The van der Waals surface area contributed by atoms with E-state index in [1.807, 2.05) is 12.1 Å². The van der Waals surface area contributed by atoms with E-state index in [4.69, 9.17) is 4.74 Å². The zero-order valence-electron chi connectivity index (χ0n) is 17.4. The minimum absolute atomic E-state index is 0.0689. The molecule has 3 aromatic rings. The molecule has 158 valence electrons. The summed E-state index contributed by atoms with van der Waals surface area (Å²) in [4.78, 5) is 0. The summed E-state index contributed by atoms with van der Waals surface area (Å²) in [6.07, 6.45) is 2.71. The van der Waals surface area contributed by atoms with Gasteiger partial charge in [-0.25, -0.2) is 0 Å². The molecular formula is C23H28N4O2S. The number of aliphatic hydroxyl groups is 1. The van der Waals surface area contributed by atoms with Gasteiger partial charge in [-0.15, -0.1) is 5.10 Å². The third-order valence-corrected chi connectivity index (χ3v) is 6.52. The Hall–Kier alpha value is -2.22. The van der Waals surface area contributed by atoms with Gasteiger partial charge in [-0.2, -0.15) is 4.68 Å². The van der Waals surface area contributed by atoms with Crippen LogP contribution in [-0.2, 0) is 11.2 Å². The molecule has 2 aromatic carbocycles. The van der Waals surface area contributed by atoms with Gasteiger partial charge in [-0.1, -0.05) is 62.0 Å². The SMILES string of the molecule is CC(C)c1ccc(-n2nnnc2SC[C@H](O)CO[C@@H]2CCCc3ccccc32)cc1. The summed E-state index contributed by atoms with van der Waals surface area (Å²) >= 11 is 1.44. The van der Waals surface area contributed by atoms with Gasteiger partial charge in [0.05, 0.1) is 24.5 Å². The molecule has 1 N–H and O–H groups in total. The van der Waals surface area contributed by atoms with Gasteiger partial charge in [0.1, 0.15) is 0 Å². The van der Waals surface area contributed by atoms with Crippen LogP contribution in [0.3, 0.4) is 0 Å². The molecule has 30 heavy (non-hydrogen) atoms. The first-order valence-electron chi connectivity index (χ1n) is 10.5. The first kappa shape index (κ1) is 21.0. The number of hydrogen-bond acceptors (Lipinski definition) is 6. The molecule has 0 saturated carbocycles. The van der Waals surface area contributed by atoms with Gasteiger partial charge in [0.25, 0.3) is 0 Å². The van der Waals surface area contributed by atoms with Crippen LogP contribution in [0.25, 0.3) is 5.69 Å². The fourth-order valence-electron chi connectivity index (χ4n) is 3.76. The van der Waals surface area contributed by atoms with Gasteiger partial charge in [-0.3, -0.25) is 0 Å². The van der Waals surface area contributed by atoms with E-state index in [2.05, 4.69) is 65.8 Å². The molecule has 1 heterocycles. The number of rotatable bonds is 8. The van der Waals surface area contributed by atoms with Crippen LogP contribution < -0.4 is 0 Å². The molecule has 0 fully saturated rings. The van der Waals surface area contributed by atoms with Crippen molar-refractivity contribution in [1.29, 1.82) is 0 Å². The largest absolute Gasteiger partial charge is 0.390 e. The number of benzene rings is 2. The fraction of sp³-hybridized carbons (Fsp3) is 0.435. The molecule has 0 unspecified atom stereocenters. The van der Waals surface area contributed by atoms with Crippen LogP contribution in [0.15, 0.2) is 53.7 Å². The molecule has 1 aliphatic carbocycles. The predicted octanol–water partition coefficient (Wildman–Crippen LogP) is 4.33. The second-order valence-corrected chi connectivity index (χ2v) is 8.98. The van der Waals surface area contributed by atoms with Crippen molar-refractivity contribution in [2.75, 3.05) is 12.4 Å². The number of fused-ring (bicyclic) bond motifs is 1. The normalized spacial score (nSPS) is 17.1. The van der Waals surface area contributed by atoms with Crippen molar-refractivity contribution in [3.05, 3.63) is 65.2 Å². The van der Waals surface area contributed by atoms with Gasteiger partial charge in [0.2, 0.25) is 5.16 Å². The Morgan fingerprint density at radius 3 is 2.77 bits per heavy atom. The molecule has 6 nitrogen and oxygen atoms in total. The third kappa shape index (κ3) is 4.91.